The summed E-state index contributed by atoms with van der Waals surface area (Å²) in [4.78, 5) is 25.7. The van der Waals surface area contributed by atoms with Gasteiger partial charge in [-0.05, 0) is 49.2 Å². The van der Waals surface area contributed by atoms with Crippen molar-refractivity contribution in [3.63, 3.8) is 0 Å². The van der Waals surface area contributed by atoms with E-state index in [2.05, 4.69) is 20.0 Å². The Morgan fingerprint density at radius 3 is 2.27 bits per heavy atom. The highest BCUT2D eigenvalue weighted by Gasteiger charge is 2.50. The lowest BCUT2D eigenvalue weighted by Crippen LogP contribution is -2.35. The van der Waals surface area contributed by atoms with Crippen LogP contribution in [-0.4, -0.2) is 82.2 Å². The Balaban J connectivity index is 1.24. The molecule has 0 aliphatic carbocycles. The standard InChI is InChI=1S/C31H31F3N6O3S/c1-44(42,43)25-9-7-21(8-10-25)18-38-13-11-23(12-14-38)28-26(17-37-40(28)30-35-15-24(32)16-36-30)29(41)39-19-27(31(33,34)20-39)22-5-3-2-4-6-22/h2-10,15-17,23,27H,11-14,18-20H2,1H3/t27-/m0/s1. The van der Waals surface area contributed by atoms with Gasteiger partial charge in [-0.2, -0.15) is 5.10 Å². The molecule has 0 N–H and O–H groups in total. The first-order chi connectivity index (χ1) is 21.0. The smallest absolute Gasteiger partial charge is 0.273 e. The number of rotatable bonds is 7. The molecule has 2 aromatic heterocycles. The Labute approximate surface area is 253 Å². The van der Waals surface area contributed by atoms with Crippen LogP contribution in [0.15, 0.2) is 78.1 Å². The van der Waals surface area contributed by atoms with E-state index in [1.54, 1.807) is 54.6 Å². The lowest BCUT2D eigenvalue weighted by Gasteiger charge is -2.32. The third-order valence-electron chi connectivity index (χ3n) is 8.37. The maximum absolute atomic E-state index is 15.2. The molecule has 44 heavy (non-hydrogen) atoms. The quantitative estimate of drug-likeness (QED) is 0.299. The van der Waals surface area contributed by atoms with E-state index in [1.807, 2.05) is 0 Å². The van der Waals surface area contributed by atoms with Crippen molar-refractivity contribution >= 4 is 15.7 Å². The topological polar surface area (TPSA) is 101 Å². The number of aromatic nitrogens is 4. The predicted octanol–water partition coefficient (Wildman–Crippen LogP) is 4.46. The zero-order valence-corrected chi connectivity index (χ0v) is 24.8. The van der Waals surface area contributed by atoms with Crippen LogP contribution in [0.4, 0.5) is 13.2 Å². The summed E-state index contributed by atoms with van der Waals surface area (Å²) < 4.78 is 69.0. The molecule has 0 saturated carbocycles. The van der Waals surface area contributed by atoms with Gasteiger partial charge >= 0.3 is 0 Å². The van der Waals surface area contributed by atoms with Crippen molar-refractivity contribution in [2.75, 3.05) is 32.4 Å². The van der Waals surface area contributed by atoms with Crippen LogP contribution >= 0.6 is 0 Å². The maximum Gasteiger partial charge on any atom is 0.273 e. The number of sulfone groups is 1. The van der Waals surface area contributed by atoms with Crippen molar-refractivity contribution in [2.24, 2.45) is 0 Å². The zero-order chi connectivity index (χ0) is 31.1. The number of hydrogen-bond donors (Lipinski definition) is 0. The summed E-state index contributed by atoms with van der Waals surface area (Å²) in [6.07, 6.45) is 5.84. The second kappa shape index (κ2) is 11.8. The highest BCUT2D eigenvalue weighted by atomic mass is 32.2. The lowest BCUT2D eigenvalue weighted by atomic mass is 9.90. The molecular formula is C31H31F3N6O3S. The number of amides is 1. The van der Waals surface area contributed by atoms with Gasteiger partial charge in [0.2, 0.25) is 0 Å². The van der Waals surface area contributed by atoms with Crippen molar-refractivity contribution < 1.29 is 26.4 Å². The summed E-state index contributed by atoms with van der Waals surface area (Å²) in [6.45, 7) is 1.11. The first-order valence-corrected chi connectivity index (χ1v) is 16.2. The molecule has 2 saturated heterocycles. The highest BCUT2D eigenvalue weighted by Crippen LogP contribution is 2.41. The van der Waals surface area contributed by atoms with E-state index in [0.717, 1.165) is 18.0 Å². The molecule has 230 valence electrons. The van der Waals surface area contributed by atoms with Gasteiger partial charge in [0, 0.05) is 25.3 Å². The minimum atomic E-state index is -3.28. The molecule has 1 atom stereocenters. The first kappa shape index (κ1) is 29.9. The molecule has 2 aromatic carbocycles. The maximum atomic E-state index is 15.2. The van der Waals surface area contributed by atoms with E-state index in [-0.39, 0.29) is 28.9 Å². The van der Waals surface area contributed by atoms with Gasteiger partial charge in [-0.3, -0.25) is 9.69 Å². The lowest BCUT2D eigenvalue weighted by molar-refractivity contribution is -0.00244. The fourth-order valence-corrected chi connectivity index (χ4v) is 6.73. The van der Waals surface area contributed by atoms with Gasteiger partial charge in [0.05, 0.1) is 47.2 Å². The Bertz CT molecular complexity index is 1740. The van der Waals surface area contributed by atoms with Crippen molar-refractivity contribution in [2.45, 2.75) is 42.0 Å². The summed E-state index contributed by atoms with van der Waals surface area (Å²) in [5.74, 6) is -5.47. The SMILES string of the molecule is CS(=O)(=O)c1ccc(CN2CCC(c3c(C(=O)N4C[C@@H](c5ccccc5)C(F)(F)C4)cnn3-c3ncc(F)cn3)CC2)cc1. The number of benzene rings is 2. The molecule has 2 aliphatic heterocycles. The van der Waals surface area contributed by atoms with Crippen molar-refractivity contribution in [3.05, 3.63) is 101 Å². The Morgan fingerprint density at radius 1 is 0.977 bits per heavy atom. The van der Waals surface area contributed by atoms with Crippen molar-refractivity contribution in [1.29, 1.82) is 0 Å². The van der Waals surface area contributed by atoms with Crippen LogP contribution in [0, 0.1) is 5.82 Å². The molecule has 2 fully saturated rings. The molecule has 0 spiro atoms. The fourth-order valence-electron chi connectivity index (χ4n) is 6.10. The van der Waals surface area contributed by atoms with Crippen molar-refractivity contribution in [3.8, 4) is 5.95 Å². The van der Waals surface area contributed by atoms with Gasteiger partial charge in [-0.1, -0.05) is 42.5 Å². The molecule has 0 bridgehead atoms. The Kier molecular flexibility index (Phi) is 8.01. The van der Waals surface area contributed by atoms with Crippen LogP contribution in [0.1, 0.15) is 51.9 Å². The van der Waals surface area contributed by atoms with E-state index in [0.29, 0.717) is 43.7 Å². The number of carbonyl (C=O) groups is 1. The molecule has 13 heteroatoms. The van der Waals surface area contributed by atoms with Gasteiger partial charge in [-0.25, -0.2) is 36.2 Å². The van der Waals surface area contributed by atoms with E-state index >= 15 is 8.78 Å². The summed E-state index contributed by atoms with van der Waals surface area (Å²) in [5, 5.41) is 4.38. The average Bonchev–Trinajstić information content (AvgIpc) is 3.59. The van der Waals surface area contributed by atoms with Crippen LogP contribution in [-0.2, 0) is 16.4 Å². The highest BCUT2D eigenvalue weighted by molar-refractivity contribution is 7.90. The third kappa shape index (κ3) is 6.11. The fraction of sp³-hybridized carbons (Fsp3) is 0.355. The number of likely N-dealkylation sites (tertiary alicyclic amines) is 2. The normalized spacial score (nSPS) is 19.4. The van der Waals surface area contributed by atoms with Crippen LogP contribution in [0.25, 0.3) is 5.95 Å². The third-order valence-corrected chi connectivity index (χ3v) is 9.50. The first-order valence-electron chi connectivity index (χ1n) is 14.3. The van der Waals surface area contributed by atoms with Crippen molar-refractivity contribution in [1.82, 2.24) is 29.5 Å². The number of halogens is 3. The van der Waals surface area contributed by atoms with Gasteiger partial charge in [0.1, 0.15) is 0 Å². The second-order valence-corrected chi connectivity index (χ2v) is 13.4. The molecule has 6 rings (SSSR count). The monoisotopic (exact) mass is 624 g/mol. The van der Waals surface area contributed by atoms with E-state index in [9.17, 15) is 17.6 Å². The van der Waals surface area contributed by atoms with E-state index < -0.39 is 39.9 Å². The van der Waals surface area contributed by atoms with Gasteiger partial charge in [0.15, 0.2) is 15.7 Å². The minimum absolute atomic E-state index is 0.0859. The minimum Gasteiger partial charge on any atom is -0.332 e. The summed E-state index contributed by atoms with van der Waals surface area (Å²) >= 11 is 0. The molecule has 4 aromatic rings. The average molecular weight is 625 g/mol. The number of carbonyl (C=O) groups excluding carboxylic acids is 1. The number of piperidine rings is 1. The number of nitrogens with zero attached hydrogens (tertiary/aromatic N) is 6. The van der Waals surface area contributed by atoms with Gasteiger partial charge in [0.25, 0.3) is 17.8 Å². The van der Waals surface area contributed by atoms with Gasteiger partial charge < -0.3 is 4.90 Å². The Hall–Kier alpha value is -4.10. The summed E-state index contributed by atoms with van der Waals surface area (Å²) in [5.41, 5.74) is 2.17. The van der Waals surface area contributed by atoms with Crippen LogP contribution in [0.2, 0.25) is 0 Å². The second-order valence-electron chi connectivity index (χ2n) is 11.4. The van der Waals surface area contributed by atoms with Crippen LogP contribution in [0.3, 0.4) is 0 Å². The molecule has 1 amide bonds. The largest absolute Gasteiger partial charge is 0.332 e. The van der Waals surface area contributed by atoms with E-state index in [1.165, 1.54) is 22.0 Å². The number of alkyl halides is 2. The zero-order valence-electron chi connectivity index (χ0n) is 24.0. The molecular weight excluding hydrogens is 593 g/mol. The predicted molar refractivity (Wildman–Crippen MR) is 156 cm³/mol. The molecule has 0 unspecified atom stereocenters. The van der Waals surface area contributed by atoms with E-state index in [4.69, 9.17) is 0 Å². The Morgan fingerprint density at radius 2 is 1.64 bits per heavy atom. The van der Waals surface area contributed by atoms with Crippen LogP contribution < -0.4 is 0 Å². The molecule has 9 nitrogen and oxygen atoms in total. The molecule has 0 radical (unpaired) electrons. The summed E-state index contributed by atoms with van der Waals surface area (Å²) in [7, 11) is -3.28. The number of hydrogen-bond acceptors (Lipinski definition) is 7. The molecule has 4 heterocycles. The summed E-state index contributed by atoms with van der Waals surface area (Å²) in [6, 6.07) is 15.3. The van der Waals surface area contributed by atoms with Gasteiger partial charge in [-0.15, -0.1) is 0 Å². The molecule has 2 aliphatic rings. The van der Waals surface area contributed by atoms with Crippen LogP contribution in [0.5, 0.6) is 0 Å².